The highest BCUT2D eigenvalue weighted by molar-refractivity contribution is 6.01. The summed E-state index contributed by atoms with van der Waals surface area (Å²) in [6.07, 6.45) is 0.334. The van der Waals surface area contributed by atoms with Gasteiger partial charge in [-0.15, -0.1) is 0 Å². The first-order valence-corrected chi connectivity index (χ1v) is 10.4. The van der Waals surface area contributed by atoms with E-state index in [9.17, 15) is 14.7 Å². The number of nitrogens with zero attached hydrogens (tertiary/aromatic N) is 1. The van der Waals surface area contributed by atoms with E-state index < -0.39 is 0 Å². The number of hydrogen-bond acceptors (Lipinski definition) is 5. The topological polar surface area (TPSA) is 90.9 Å². The van der Waals surface area contributed by atoms with Gasteiger partial charge in [-0.1, -0.05) is 36.4 Å². The number of aromatic hydroxyl groups is 1. The number of anilines is 2. The van der Waals surface area contributed by atoms with Crippen molar-refractivity contribution in [2.24, 2.45) is 0 Å². The maximum absolute atomic E-state index is 13.3. The van der Waals surface area contributed by atoms with Crippen LogP contribution in [-0.4, -0.2) is 35.5 Å². The summed E-state index contributed by atoms with van der Waals surface area (Å²) in [5.41, 5.74) is 2.69. The summed E-state index contributed by atoms with van der Waals surface area (Å²) in [7, 11) is 1.61. The highest BCUT2D eigenvalue weighted by atomic mass is 16.5. The zero-order valence-electron chi connectivity index (χ0n) is 17.7. The molecule has 0 aliphatic carbocycles. The molecule has 7 nitrogen and oxygen atoms in total. The summed E-state index contributed by atoms with van der Waals surface area (Å²) in [4.78, 5) is 27.4. The first-order chi connectivity index (χ1) is 15.6. The fraction of sp³-hybridized carbons (Fsp3) is 0.200. The molecule has 4 rings (SSSR count). The van der Waals surface area contributed by atoms with E-state index >= 15 is 0 Å². The Morgan fingerprint density at radius 2 is 1.78 bits per heavy atom. The summed E-state index contributed by atoms with van der Waals surface area (Å²) in [5.74, 6) is 0.461. The zero-order chi connectivity index (χ0) is 22.5. The van der Waals surface area contributed by atoms with Gasteiger partial charge in [0.1, 0.15) is 17.7 Å². The Labute approximate surface area is 186 Å². The maximum atomic E-state index is 13.3. The Balaban J connectivity index is 1.48. The van der Waals surface area contributed by atoms with Crippen LogP contribution in [0.3, 0.4) is 0 Å². The highest BCUT2D eigenvalue weighted by Crippen LogP contribution is 2.34. The van der Waals surface area contributed by atoms with Gasteiger partial charge >= 0.3 is 0 Å². The Kier molecular flexibility index (Phi) is 6.26. The quantitative estimate of drug-likeness (QED) is 0.483. The van der Waals surface area contributed by atoms with Gasteiger partial charge in [0, 0.05) is 18.7 Å². The highest BCUT2D eigenvalue weighted by Gasteiger charge is 2.32. The number of carbonyl (C=O) groups is 2. The Hall–Kier alpha value is -4.00. The van der Waals surface area contributed by atoms with Crippen molar-refractivity contribution in [3.63, 3.8) is 0 Å². The van der Waals surface area contributed by atoms with E-state index in [2.05, 4.69) is 10.6 Å². The lowest BCUT2D eigenvalue weighted by molar-refractivity contribution is -0.116. The number of phenols is 1. The van der Waals surface area contributed by atoms with Crippen LogP contribution in [0.5, 0.6) is 11.5 Å². The maximum Gasteiger partial charge on any atom is 0.257 e. The molecule has 0 saturated heterocycles. The number of amides is 2. The van der Waals surface area contributed by atoms with Crippen molar-refractivity contribution < 1.29 is 19.4 Å². The Bertz CT molecular complexity index is 1110. The molecular weight excluding hydrogens is 406 g/mol. The minimum absolute atomic E-state index is 0.0208. The lowest BCUT2D eigenvalue weighted by Gasteiger charge is -2.38. The zero-order valence-corrected chi connectivity index (χ0v) is 17.7. The van der Waals surface area contributed by atoms with Crippen LogP contribution in [0.25, 0.3) is 0 Å². The lowest BCUT2D eigenvalue weighted by atomic mass is 10.0. The number of ether oxygens (including phenoxy) is 1. The largest absolute Gasteiger partial charge is 0.506 e. The van der Waals surface area contributed by atoms with E-state index in [1.165, 1.54) is 6.07 Å². The average molecular weight is 431 g/mol. The second-order valence-corrected chi connectivity index (χ2v) is 7.53. The van der Waals surface area contributed by atoms with E-state index in [0.717, 1.165) is 17.0 Å². The van der Waals surface area contributed by atoms with Crippen molar-refractivity contribution in [1.29, 1.82) is 0 Å². The SMILES string of the molecule is COc1ccc([C@@H]2Nc3ccccc3C(=O)N2CCCC(=O)Nc2ccccc2O)cc1. The molecule has 1 aliphatic heterocycles. The first-order valence-electron chi connectivity index (χ1n) is 10.4. The van der Waals surface area contributed by atoms with Gasteiger partial charge in [0.05, 0.1) is 18.4 Å². The molecule has 32 heavy (non-hydrogen) atoms. The number of hydrogen-bond donors (Lipinski definition) is 3. The fourth-order valence-corrected chi connectivity index (χ4v) is 3.77. The summed E-state index contributed by atoms with van der Waals surface area (Å²) in [6.45, 7) is 0.394. The first kappa shape index (κ1) is 21.2. The molecule has 0 aromatic heterocycles. The average Bonchev–Trinajstić information content (AvgIpc) is 2.82. The van der Waals surface area contributed by atoms with E-state index in [1.54, 1.807) is 36.3 Å². The van der Waals surface area contributed by atoms with Crippen LogP contribution < -0.4 is 15.4 Å². The smallest absolute Gasteiger partial charge is 0.257 e. The molecule has 0 bridgehead atoms. The van der Waals surface area contributed by atoms with Gasteiger partial charge in [-0.05, 0) is 48.4 Å². The van der Waals surface area contributed by atoms with Gasteiger partial charge in [-0.25, -0.2) is 0 Å². The normalized spacial score (nSPS) is 15.0. The van der Waals surface area contributed by atoms with Crippen LogP contribution in [0.4, 0.5) is 11.4 Å². The molecule has 1 atom stereocenters. The van der Waals surface area contributed by atoms with Crippen molar-refractivity contribution in [1.82, 2.24) is 4.90 Å². The summed E-state index contributed by atoms with van der Waals surface area (Å²) in [5, 5.41) is 16.0. The third kappa shape index (κ3) is 4.51. The number of fused-ring (bicyclic) bond motifs is 1. The molecule has 2 amide bonds. The Morgan fingerprint density at radius 1 is 1.06 bits per heavy atom. The minimum atomic E-state index is -0.357. The van der Waals surface area contributed by atoms with Crippen LogP contribution in [-0.2, 0) is 4.79 Å². The summed E-state index contributed by atoms with van der Waals surface area (Å²) >= 11 is 0. The van der Waals surface area contributed by atoms with Crippen molar-refractivity contribution >= 4 is 23.2 Å². The van der Waals surface area contributed by atoms with Crippen LogP contribution in [0, 0.1) is 0 Å². The van der Waals surface area contributed by atoms with Gasteiger partial charge in [-0.3, -0.25) is 9.59 Å². The van der Waals surface area contributed by atoms with E-state index in [-0.39, 0.29) is 30.2 Å². The molecule has 7 heteroatoms. The van der Waals surface area contributed by atoms with E-state index in [4.69, 9.17) is 4.74 Å². The molecule has 0 radical (unpaired) electrons. The fourth-order valence-electron chi connectivity index (χ4n) is 3.77. The van der Waals surface area contributed by atoms with Crippen molar-refractivity contribution in [3.05, 3.63) is 83.9 Å². The monoisotopic (exact) mass is 431 g/mol. The van der Waals surface area contributed by atoms with Gasteiger partial charge in [0.2, 0.25) is 5.91 Å². The van der Waals surface area contributed by atoms with Gasteiger partial charge in [0.25, 0.3) is 5.91 Å². The Morgan fingerprint density at radius 3 is 2.53 bits per heavy atom. The van der Waals surface area contributed by atoms with Crippen molar-refractivity contribution in [2.45, 2.75) is 19.0 Å². The molecular formula is C25H25N3O4. The van der Waals surface area contributed by atoms with E-state index in [0.29, 0.717) is 24.2 Å². The molecule has 0 saturated carbocycles. The third-order valence-electron chi connectivity index (χ3n) is 5.43. The van der Waals surface area contributed by atoms with Gasteiger partial charge in [-0.2, -0.15) is 0 Å². The number of rotatable bonds is 7. The lowest BCUT2D eigenvalue weighted by Crippen LogP contribution is -2.43. The molecule has 164 valence electrons. The number of para-hydroxylation sites is 3. The van der Waals surface area contributed by atoms with Crippen LogP contribution >= 0.6 is 0 Å². The second kappa shape index (κ2) is 9.43. The minimum Gasteiger partial charge on any atom is -0.506 e. The molecule has 3 aromatic rings. The predicted molar refractivity (Wildman–Crippen MR) is 123 cm³/mol. The number of benzene rings is 3. The second-order valence-electron chi connectivity index (χ2n) is 7.53. The molecule has 0 unspecified atom stereocenters. The summed E-state index contributed by atoms with van der Waals surface area (Å²) < 4.78 is 5.25. The number of methoxy groups -OCH3 is 1. The van der Waals surface area contributed by atoms with E-state index in [1.807, 2.05) is 42.5 Å². The van der Waals surface area contributed by atoms with Crippen molar-refractivity contribution in [3.8, 4) is 11.5 Å². The standard InChI is InChI=1S/C25H25N3O4/c1-32-18-14-12-17(13-15-18)24-27-20-8-3-2-7-19(20)25(31)28(24)16-6-11-23(30)26-21-9-4-5-10-22(21)29/h2-5,7-10,12-15,24,27,29H,6,11,16H2,1H3,(H,26,30)/t24-/m1/s1. The molecule has 1 heterocycles. The van der Waals surface area contributed by atoms with Gasteiger partial charge in [0.15, 0.2) is 0 Å². The molecule has 0 fully saturated rings. The van der Waals surface area contributed by atoms with Gasteiger partial charge < -0.3 is 25.4 Å². The molecule has 0 spiro atoms. The predicted octanol–water partition coefficient (Wildman–Crippen LogP) is 4.39. The van der Waals surface area contributed by atoms with Crippen LogP contribution in [0.1, 0.15) is 34.9 Å². The number of nitrogens with one attached hydrogen (secondary N) is 2. The molecule has 1 aliphatic rings. The molecule has 3 N–H and O–H groups in total. The molecule has 3 aromatic carbocycles. The summed E-state index contributed by atoms with van der Waals surface area (Å²) in [6, 6.07) is 21.6. The van der Waals surface area contributed by atoms with Crippen LogP contribution in [0.2, 0.25) is 0 Å². The third-order valence-corrected chi connectivity index (χ3v) is 5.43. The van der Waals surface area contributed by atoms with Crippen LogP contribution in [0.15, 0.2) is 72.8 Å². The number of phenolic OH excluding ortho intramolecular Hbond substituents is 1. The van der Waals surface area contributed by atoms with Crippen molar-refractivity contribution in [2.75, 3.05) is 24.3 Å². The number of carbonyl (C=O) groups excluding carboxylic acids is 2.